The van der Waals surface area contributed by atoms with Gasteiger partial charge >= 0.3 is 5.97 Å². The van der Waals surface area contributed by atoms with E-state index in [2.05, 4.69) is 6.58 Å². The zero-order valence-corrected chi connectivity index (χ0v) is 7.02. The maximum Gasteiger partial charge on any atom is 0.317 e. The van der Waals surface area contributed by atoms with Crippen molar-refractivity contribution >= 4 is 17.6 Å². The Morgan fingerprint density at radius 3 is 2.33 bits per heavy atom. The van der Waals surface area contributed by atoms with E-state index in [0.29, 0.717) is 0 Å². The van der Waals surface area contributed by atoms with Crippen molar-refractivity contribution in [2.75, 3.05) is 5.88 Å². The Labute approximate surface area is 73.8 Å². The van der Waals surface area contributed by atoms with Gasteiger partial charge in [-0.1, -0.05) is 6.08 Å². The first-order valence-corrected chi connectivity index (χ1v) is 3.73. The maximum atomic E-state index is 12.3. The Kier molecular flexibility index (Phi) is 4.17. The lowest BCUT2D eigenvalue weighted by Crippen LogP contribution is -2.39. The number of carboxylic acid groups (broad SMARTS) is 1. The second kappa shape index (κ2) is 4.40. The summed E-state index contributed by atoms with van der Waals surface area (Å²) in [5.74, 6) is -2.21. The molecule has 5 heteroatoms. The van der Waals surface area contributed by atoms with E-state index >= 15 is 0 Å². The summed E-state index contributed by atoms with van der Waals surface area (Å²) in [6, 6.07) is 0. The monoisotopic (exact) mass is 198 g/mol. The molecule has 12 heavy (non-hydrogen) atoms. The van der Waals surface area contributed by atoms with E-state index < -0.39 is 23.7 Å². The molecule has 0 amide bonds. The second-order valence-corrected chi connectivity index (χ2v) is 2.66. The molecule has 0 aromatic carbocycles. The van der Waals surface area contributed by atoms with Gasteiger partial charge in [-0.15, -0.1) is 18.2 Å². The number of rotatable bonds is 5. The summed E-state index contributed by atoms with van der Waals surface area (Å²) >= 11 is 5.18. The number of halogens is 3. The molecule has 70 valence electrons. The number of hydrogen-bond donors (Lipinski definition) is 1. The average molecular weight is 199 g/mol. The van der Waals surface area contributed by atoms with Gasteiger partial charge in [-0.3, -0.25) is 4.79 Å². The van der Waals surface area contributed by atoms with E-state index in [1.54, 1.807) is 0 Å². The Morgan fingerprint density at radius 2 is 2.25 bits per heavy atom. The SMILES string of the molecule is C=CCC(CCl)(C(=O)O)C(F)F. The number of alkyl halides is 3. The quantitative estimate of drug-likeness (QED) is 0.543. The minimum absolute atomic E-state index is 0.330. The average Bonchev–Trinajstić information content (AvgIpc) is 1.98. The molecule has 0 aromatic heterocycles. The van der Waals surface area contributed by atoms with Crippen LogP contribution in [-0.4, -0.2) is 23.4 Å². The van der Waals surface area contributed by atoms with Gasteiger partial charge in [0.2, 0.25) is 0 Å². The Balaban J connectivity index is 4.74. The summed E-state index contributed by atoms with van der Waals surface area (Å²) in [6.45, 7) is 3.20. The predicted molar refractivity (Wildman–Crippen MR) is 41.6 cm³/mol. The Bertz CT molecular complexity index is 184. The minimum atomic E-state index is -2.98. The van der Waals surface area contributed by atoms with Gasteiger partial charge in [-0.2, -0.15) is 0 Å². The molecule has 1 unspecified atom stereocenters. The van der Waals surface area contributed by atoms with Gasteiger partial charge in [0.25, 0.3) is 6.43 Å². The fraction of sp³-hybridized carbons (Fsp3) is 0.571. The highest BCUT2D eigenvalue weighted by Gasteiger charge is 2.45. The molecule has 0 aliphatic rings. The molecular formula is C7H9ClF2O2. The first kappa shape index (κ1) is 11.4. The summed E-state index contributed by atoms with van der Waals surface area (Å²) < 4.78 is 24.6. The molecule has 0 fully saturated rings. The molecule has 2 nitrogen and oxygen atoms in total. The highest BCUT2D eigenvalue weighted by atomic mass is 35.5. The lowest BCUT2D eigenvalue weighted by Gasteiger charge is -2.24. The van der Waals surface area contributed by atoms with Crippen LogP contribution in [0.1, 0.15) is 6.42 Å². The molecule has 0 spiro atoms. The largest absolute Gasteiger partial charge is 0.481 e. The van der Waals surface area contributed by atoms with Gasteiger partial charge < -0.3 is 5.11 Å². The van der Waals surface area contributed by atoms with Gasteiger partial charge in [-0.05, 0) is 6.42 Å². The van der Waals surface area contributed by atoms with Gasteiger partial charge in [-0.25, -0.2) is 8.78 Å². The van der Waals surface area contributed by atoms with Crippen molar-refractivity contribution in [3.8, 4) is 0 Å². The third-order valence-corrected chi connectivity index (χ3v) is 2.07. The number of aliphatic carboxylic acids is 1. The molecule has 0 bridgehead atoms. The number of carbonyl (C=O) groups is 1. The van der Waals surface area contributed by atoms with E-state index in [4.69, 9.17) is 16.7 Å². The van der Waals surface area contributed by atoms with Crippen LogP contribution in [0.4, 0.5) is 8.78 Å². The number of allylic oxidation sites excluding steroid dienone is 1. The summed E-state index contributed by atoms with van der Waals surface area (Å²) in [5.41, 5.74) is -2.18. The van der Waals surface area contributed by atoms with Crippen LogP contribution < -0.4 is 0 Å². The van der Waals surface area contributed by atoms with Crippen LogP contribution >= 0.6 is 11.6 Å². The second-order valence-electron chi connectivity index (χ2n) is 2.39. The molecule has 0 aliphatic heterocycles. The predicted octanol–water partition coefficient (Wildman–Crippen LogP) is 2.14. The van der Waals surface area contributed by atoms with Gasteiger partial charge in [0.1, 0.15) is 5.41 Å². The molecule has 0 rings (SSSR count). The molecule has 1 N–H and O–H groups in total. The van der Waals surface area contributed by atoms with Crippen molar-refractivity contribution < 1.29 is 18.7 Å². The first-order valence-electron chi connectivity index (χ1n) is 3.19. The highest BCUT2D eigenvalue weighted by molar-refractivity contribution is 6.19. The van der Waals surface area contributed by atoms with E-state index in [-0.39, 0.29) is 6.42 Å². The lowest BCUT2D eigenvalue weighted by atomic mass is 9.87. The Morgan fingerprint density at radius 1 is 1.75 bits per heavy atom. The van der Waals surface area contributed by atoms with Crippen molar-refractivity contribution in [2.24, 2.45) is 5.41 Å². The molecule has 1 atom stereocenters. The van der Waals surface area contributed by atoms with Crippen LogP contribution in [0, 0.1) is 5.41 Å². The van der Waals surface area contributed by atoms with Crippen LogP contribution in [0.5, 0.6) is 0 Å². The standard InChI is InChI=1S/C7H9ClF2O2/c1-2-3-7(4-8,5(9)10)6(11)12/h2,5H,1,3-4H2,(H,11,12). The topological polar surface area (TPSA) is 37.3 Å². The van der Waals surface area contributed by atoms with Crippen LogP contribution in [0.2, 0.25) is 0 Å². The lowest BCUT2D eigenvalue weighted by molar-refractivity contribution is -0.156. The van der Waals surface area contributed by atoms with Gasteiger partial charge in [0, 0.05) is 5.88 Å². The van der Waals surface area contributed by atoms with E-state index in [0.717, 1.165) is 6.08 Å². The summed E-state index contributed by atoms with van der Waals surface area (Å²) in [4.78, 5) is 10.5. The molecule has 0 saturated heterocycles. The van der Waals surface area contributed by atoms with Crippen molar-refractivity contribution in [2.45, 2.75) is 12.8 Å². The summed E-state index contributed by atoms with van der Waals surface area (Å²) in [6.07, 6.45) is -2.18. The summed E-state index contributed by atoms with van der Waals surface area (Å²) in [5, 5.41) is 8.51. The van der Waals surface area contributed by atoms with Crippen molar-refractivity contribution in [1.29, 1.82) is 0 Å². The fourth-order valence-corrected chi connectivity index (χ4v) is 1.04. The van der Waals surface area contributed by atoms with E-state index in [1.165, 1.54) is 0 Å². The van der Waals surface area contributed by atoms with Crippen LogP contribution in [-0.2, 0) is 4.79 Å². The zero-order chi connectivity index (χ0) is 9.78. The normalized spacial score (nSPS) is 15.7. The highest BCUT2D eigenvalue weighted by Crippen LogP contribution is 2.32. The third-order valence-electron chi connectivity index (χ3n) is 1.59. The van der Waals surface area contributed by atoms with Crippen molar-refractivity contribution in [1.82, 2.24) is 0 Å². The smallest absolute Gasteiger partial charge is 0.317 e. The van der Waals surface area contributed by atoms with Crippen molar-refractivity contribution in [3.05, 3.63) is 12.7 Å². The molecule has 0 aliphatic carbocycles. The number of hydrogen-bond acceptors (Lipinski definition) is 1. The molecule has 0 saturated carbocycles. The maximum absolute atomic E-state index is 12.3. The molecule has 0 heterocycles. The van der Waals surface area contributed by atoms with Crippen LogP contribution in [0.3, 0.4) is 0 Å². The first-order chi connectivity index (χ1) is 5.51. The van der Waals surface area contributed by atoms with E-state index in [1.807, 2.05) is 0 Å². The van der Waals surface area contributed by atoms with Gasteiger partial charge in [0.05, 0.1) is 0 Å². The third kappa shape index (κ3) is 1.94. The zero-order valence-electron chi connectivity index (χ0n) is 6.27. The summed E-state index contributed by atoms with van der Waals surface area (Å²) in [7, 11) is 0. The van der Waals surface area contributed by atoms with Crippen LogP contribution in [0.15, 0.2) is 12.7 Å². The molecule has 0 radical (unpaired) electrons. The fourth-order valence-electron chi connectivity index (χ4n) is 0.697. The van der Waals surface area contributed by atoms with Crippen LogP contribution in [0.25, 0.3) is 0 Å². The van der Waals surface area contributed by atoms with E-state index in [9.17, 15) is 13.6 Å². The van der Waals surface area contributed by atoms with Gasteiger partial charge in [0.15, 0.2) is 0 Å². The minimum Gasteiger partial charge on any atom is -0.481 e. The molecular weight excluding hydrogens is 190 g/mol. The van der Waals surface area contributed by atoms with Crippen molar-refractivity contribution in [3.63, 3.8) is 0 Å². The Hall–Kier alpha value is -0.640. The molecule has 0 aromatic rings. The number of carboxylic acids is 1.